The van der Waals surface area contributed by atoms with Crippen molar-refractivity contribution in [3.05, 3.63) is 76.4 Å². The number of carbonyl (C=O) groups excluding carboxylic acids is 1. The lowest BCUT2D eigenvalue weighted by Crippen LogP contribution is -2.41. The van der Waals surface area contributed by atoms with Gasteiger partial charge in [0.2, 0.25) is 11.9 Å². The van der Waals surface area contributed by atoms with Gasteiger partial charge >= 0.3 is 0 Å². The Morgan fingerprint density at radius 2 is 1.88 bits per heavy atom. The average molecular weight is 461 g/mol. The number of amides is 1. The molecule has 168 valence electrons. The van der Waals surface area contributed by atoms with E-state index in [2.05, 4.69) is 10.2 Å². The van der Waals surface area contributed by atoms with Gasteiger partial charge in [-0.1, -0.05) is 24.3 Å². The van der Waals surface area contributed by atoms with Crippen molar-refractivity contribution in [2.45, 2.75) is 12.8 Å². The van der Waals surface area contributed by atoms with Crippen LogP contribution in [-0.2, 0) is 4.79 Å². The second-order valence-electron chi connectivity index (χ2n) is 8.01. The molecule has 0 bridgehead atoms. The van der Waals surface area contributed by atoms with Gasteiger partial charge in [-0.2, -0.15) is 0 Å². The molecule has 5 rings (SSSR count). The highest BCUT2D eigenvalue weighted by atomic mass is 32.1. The quantitative estimate of drug-likeness (QED) is 0.480. The van der Waals surface area contributed by atoms with Crippen LogP contribution in [0.1, 0.15) is 12.8 Å². The van der Waals surface area contributed by atoms with E-state index in [9.17, 15) is 9.59 Å². The summed E-state index contributed by atoms with van der Waals surface area (Å²) in [5.74, 6) is 1.24. The van der Waals surface area contributed by atoms with Crippen molar-refractivity contribution < 1.29 is 9.53 Å². The van der Waals surface area contributed by atoms with Gasteiger partial charge in [-0.15, -0.1) is 11.3 Å². The molecular weight excluding hydrogens is 436 g/mol. The topological polar surface area (TPSA) is 76.5 Å². The molecule has 3 heterocycles. The number of rotatable bonds is 5. The maximum absolute atomic E-state index is 13.3. The van der Waals surface area contributed by atoms with E-state index in [1.54, 1.807) is 11.7 Å². The lowest BCUT2D eigenvalue weighted by Gasteiger charge is -2.33. The minimum absolute atomic E-state index is 0.00426. The molecule has 0 spiro atoms. The molecule has 2 aromatic carbocycles. The van der Waals surface area contributed by atoms with Crippen LogP contribution in [-0.4, -0.2) is 35.7 Å². The number of carbonyl (C=O) groups is 1. The lowest BCUT2D eigenvalue weighted by molar-refractivity contribution is -0.120. The Bertz CT molecular complexity index is 1340. The average Bonchev–Trinajstić information content (AvgIpc) is 3.34. The molecule has 1 saturated heterocycles. The van der Waals surface area contributed by atoms with Gasteiger partial charge in [0.15, 0.2) is 0 Å². The fraction of sp³-hybridized carbons (Fsp3) is 0.240. The molecule has 33 heavy (non-hydrogen) atoms. The normalized spacial score (nSPS) is 14.4. The first-order chi connectivity index (χ1) is 16.1. The van der Waals surface area contributed by atoms with Gasteiger partial charge in [0, 0.05) is 30.8 Å². The second-order valence-corrected chi connectivity index (χ2v) is 8.92. The number of aromatic nitrogens is 2. The fourth-order valence-electron chi connectivity index (χ4n) is 4.21. The number of thiophene rings is 1. The predicted molar refractivity (Wildman–Crippen MR) is 132 cm³/mol. The summed E-state index contributed by atoms with van der Waals surface area (Å²) in [6, 6.07) is 18.8. The molecule has 1 N–H and O–H groups in total. The van der Waals surface area contributed by atoms with Crippen LogP contribution >= 0.6 is 11.3 Å². The lowest BCUT2D eigenvalue weighted by atomic mass is 9.96. The van der Waals surface area contributed by atoms with E-state index in [0.29, 0.717) is 47.8 Å². The number of piperidine rings is 1. The Morgan fingerprint density at radius 3 is 2.64 bits per heavy atom. The van der Waals surface area contributed by atoms with Crippen LogP contribution in [0, 0.1) is 5.92 Å². The van der Waals surface area contributed by atoms with Gasteiger partial charge in [-0.3, -0.25) is 9.59 Å². The molecule has 1 fully saturated rings. The van der Waals surface area contributed by atoms with Gasteiger partial charge < -0.3 is 15.0 Å². The van der Waals surface area contributed by atoms with Crippen LogP contribution < -0.4 is 20.5 Å². The highest BCUT2D eigenvalue weighted by Crippen LogP contribution is 2.27. The molecule has 1 amide bonds. The molecule has 0 unspecified atom stereocenters. The zero-order valence-electron chi connectivity index (χ0n) is 18.2. The van der Waals surface area contributed by atoms with E-state index >= 15 is 0 Å². The van der Waals surface area contributed by atoms with E-state index < -0.39 is 0 Å². The third-order valence-electron chi connectivity index (χ3n) is 5.96. The molecule has 0 aliphatic carbocycles. The van der Waals surface area contributed by atoms with Crippen molar-refractivity contribution >= 4 is 39.1 Å². The highest BCUT2D eigenvalue weighted by molar-refractivity contribution is 7.17. The van der Waals surface area contributed by atoms with E-state index in [4.69, 9.17) is 9.72 Å². The first-order valence-corrected chi connectivity index (χ1v) is 11.8. The van der Waals surface area contributed by atoms with Crippen molar-refractivity contribution in [3.63, 3.8) is 0 Å². The SMILES string of the molecule is COc1cccc(NC(=O)C2CCN(c3nc4ccsc4c(=O)n3-c3ccccc3)CC2)c1. The number of anilines is 2. The van der Waals surface area contributed by atoms with Crippen LogP contribution in [0.15, 0.2) is 70.8 Å². The number of hydrogen-bond acceptors (Lipinski definition) is 6. The largest absolute Gasteiger partial charge is 0.497 e. The number of fused-ring (bicyclic) bond motifs is 1. The zero-order valence-corrected chi connectivity index (χ0v) is 19.0. The van der Waals surface area contributed by atoms with Crippen molar-refractivity contribution in [2.75, 3.05) is 30.4 Å². The molecule has 1 aliphatic rings. The molecular formula is C25H24N4O3S. The van der Waals surface area contributed by atoms with Crippen LogP contribution in [0.5, 0.6) is 5.75 Å². The smallest absolute Gasteiger partial charge is 0.277 e. The summed E-state index contributed by atoms with van der Waals surface area (Å²) in [5.41, 5.74) is 2.17. The molecule has 0 radical (unpaired) electrons. The third kappa shape index (κ3) is 4.21. The Kier molecular flexibility index (Phi) is 5.83. The van der Waals surface area contributed by atoms with Crippen molar-refractivity contribution in [1.29, 1.82) is 0 Å². The Balaban J connectivity index is 1.37. The van der Waals surface area contributed by atoms with Crippen LogP contribution in [0.25, 0.3) is 15.9 Å². The van der Waals surface area contributed by atoms with Crippen LogP contribution in [0.2, 0.25) is 0 Å². The number of methoxy groups -OCH3 is 1. The first-order valence-electron chi connectivity index (χ1n) is 10.9. The summed E-state index contributed by atoms with van der Waals surface area (Å²) in [6.07, 6.45) is 1.37. The molecule has 0 saturated carbocycles. The molecule has 2 aromatic heterocycles. The van der Waals surface area contributed by atoms with Gasteiger partial charge in [0.1, 0.15) is 10.4 Å². The first kappa shape index (κ1) is 21.2. The number of nitrogens with one attached hydrogen (secondary N) is 1. The van der Waals surface area contributed by atoms with Gasteiger partial charge in [-0.25, -0.2) is 9.55 Å². The predicted octanol–water partition coefficient (Wildman–Crippen LogP) is 4.31. The Morgan fingerprint density at radius 1 is 1.09 bits per heavy atom. The molecule has 4 aromatic rings. The summed E-state index contributed by atoms with van der Waals surface area (Å²) in [5, 5.41) is 4.90. The maximum Gasteiger partial charge on any atom is 0.277 e. The van der Waals surface area contributed by atoms with Crippen LogP contribution in [0.4, 0.5) is 11.6 Å². The zero-order chi connectivity index (χ0) is 22.8. The second kappa shape index (κ2) is 9.07. The molecule has 7 nitrogen and oxygen atoms in total. The molecule has 1 aliphatic heterocycles. The van der Waals surface area contributed by atoms with Crippen molar-refractivity contribution in [2.24, 2.45) is 5.92 Å². The molecule has 0 atom stereocenters. The minimum atomic E-state index is -0.103. The van der Waals surface area contributed by atoms with Gasteiger partial charge in [-0.05, 0) is 48.6 Å². The summed E-state index contributed by atoms with van der Waals surface area (Å²) in [7, 11) is 1.60. The maximum atomic E-state index is 13.3. The number of benzene rings is 2. The van der Waals surface area contributed by atoms with Gasteiger partial charge in [0.25, 0.3) is 5.56 Å². The molecule has 8 heteroatoms. The summed E-state index contributed by atoms with van der Waals surface area (Å²) in [6.45, 7) is 1.29. The van der Waals surface area contributed by atoms with Crippen molar-refractivity contribution in [1.82, 2.24) is 9.55 Å². The fourth-order valence-corrected chi connectivity index (χ4v) is 4.97. The standard InChI is InChI=1S/C25H24N4O3S/c1-32-20-9-5-6-18(16-20)26-23(30)17-10-13-28(14-11-17)25-27-21-12-15-33-22(21)24(31)29(25)19-7-3-2-4-8-19/h2-9,12,15-17H,10-11,13-14H2,1H3,(H,26,30). The van der Waals surface area contributed by atoms with E-state index in [0.717, 1.165) is 11.4 Å². The summed E-state index contributed by atoms with van der Waals surface area (Å²) in [4.78, 5) is 33.1. The van der Waals surface area contributed by atoms with Gasteiger partial charge in [0.05, 0.1) is 18.3 Å². The van der Waals surface area contributed by atoms with E-state index in [1.165, 1.54) is 11.3 Å². The third-order valence-corrected chi connectivity index (χ3v) is 6.85. The Labute approximate surface area is 195 Å². The summed E-state index contributed by atoms with van der Waals surface area (Å²) < 4.78 is 7.57. The van der Waals surface area contributed by atoms with E-state index in [1.807, 2.05) is 66.0 Å². The number of ether oxygens (including phenoxy) is 1. The number of nitrogens with zero attached hydrogens (tertiary/aromatic N) is 3. The monoisotopic (exact) mass is 460 g/mol. The number of hydrogen-bond donors (Lipinski definition) is 1. The minimum Gasteiger partial charge on any atom is -0.497 e. The highest BCUT2D eigenvalue weighted by Gasteiger charge is 2.28. The summed E-state index contributed by atoms with van der Waals surface area (Å²) >= 11 is 1.41. The van der Waals surface area contributed by atoms with Crippen molar-refractivity contribution in [3.8, 4) is 11.4 Å². The van der Waals surface area contributed by atoms with E-state index in [-0.39, 0.29) is 17.4 Å². The van der Waals surface area contributed by atoms with Crippen LogP contribution in [0.3, 0.4) is 0 Å². The Hall–Kier alpha value is -3.65. The number of para-hydroxylation sites is 1.